The van der Waals surface area contributed by atoms with Crippen LogP contribution in [0.15, 0.2) is 102 Å². The zero-order valence-corrected chi connectivity index (χ0v) is 26.3. The number of hydrogen-bond donors (Lipinski definition) is 3. The maximum atomic E-state index is 13.5. The molecule has 0 fully saturated rings. The highest BCUT2D eigenvalue weighted by Gasteiger charge is 2.30. The second kappa shape index (κ2) is 15.7. The Kier molecular flexibility index (Phi) is 11.5. The molecule has 4 rings (SSSR count). The van der Waals surface area contributed by atoms with Crippen LogP contribution >= 0.6 is 11.8 Å². The molecular formula is C34H30F3N3O6S. The van der Waals surface area contributed by atoms with Gasteiger partial charge in [-0.05, 0) is 66.7 Å². The van der Waals surface area contributed by atoms with E-state index in [0.717, 1.165) is 23.9 Å². The van der Waals surface area contributed by atoms with E-state index in [-0.39, 0.29) is 17.1 Å². The van der Waals surface area contributed by atoms with Gasteiger partial charge < -0.3 is 30.2 Å². The maximum Gasteiger partial charge on any atom is 0.416 e. The van der Waals surface area contributed by atoms with E-state index < -0.39 is 29.5 Å². The third-order valence-electron chi connectivity index (χ3n) is 6.52. The van der Waals surface area contributed by atoms with Crippen molar-refractivity contribution in [1.29, 1.82) is 0 Å². The van der Waals surface area contributed by atoms with Crippen molar-refractivity contribution in [3.8, 4) is 17.2 Å². The molecule has 0 aliphatic heterocycles. The Morgan fingerprint density at radius 2 is 1.40 bits per heavy atom. The molecule has 47 heavy (non-hydrogen) atoms. The number of anilines is 2. The minimum Gasteiger partial charge on any atom is -0.496 e. The first-order chi connectivity index (χ1) is 22.5. The van der Waals surface area contributed by atoms with Gasteiger partial charge in [-0.15, -0.1) is 11.8 Å². The Morgan fingerprint density at radius 1 is 0.745 bits per heavy atom. The first kappa shape index (κ1) is 34.4. The minimum atomic E-state index is -4.52. The molecule has 0 bridgehead atoms. The normalized spacial score (nSPS) is 11.3. The van der Waals surface area contributed by atoms with Crippen LogP contribution in [0.3, 0.4) is 0 Å². The molecule has 4 aromatic rings. The molecule has 3 amide bonds. The molecule has 0 radical (unpaired) electrons. The number of carbonyl (C=O) groups excluding carboxylic acids is 3. The van der Waals surface area contributed by atoms with Crippen molar-refractivity contribution in [3.05, 3.63) is 113 Å². The fourth-order valence-corrected chi connectivity index (χ4v) is 4.91. The van der Waals surface area contributed by atoms with E-state index in [4.69, 9.17) is 14.2 Å². The summed E-state index contributed by atoms with van der Waals surface area (Å²) in [5, 5.41) is 7.88. The van der Waals surface area contributed by atoms with Gasteiger partial charge >= 0.3 is 6.18 Å². The summed E-state index contributed by atoms with van der Waals surface area (Å²) >= 11 is 1.16. The van der Waals surface area contributed by atoms with Crippen LogP contribution in [-0.4, -0.2) is 44.8 Å². The molecule has 0 saturated carbocycles. The van der Waals surface area contributed by atoms with Gasteiger partial charge in [0, 0.05) is 33.5 Å². The molecule has 0 spiro atoms. The summed E-state index contributed by atoms with van der Waals surface area (Å²) in [5.74, 6) is -0.541. The Balaban J connectivity index is 1.48. The molecule has 3 N–H and O–H groups in total. The summed E-state index contributed by atoms with van der Waals surface area (Å²) in [6, 6.07) is 22.5. The maximum absolute atomic E-state index is 13.5. The summed E-state index contributed by atoms with van der Waals surface area (Å²) < 4.78 is 55.1. The van der Waals surface area contributed by atoms with E-state index in [2.05, 4.69) is 16.0 Å². The largest absolute Gasteiger partial charge is 0.496 e. The van der Waals surface area contributed by atoms with Crippen molar-refractivity contribution < 1.29 is 41.8 Å². The number of thioether (sulfide) groups is 1. The lowest BCUT2D eigenvalue weighted by Gasteiger charge is -2.15. The highest BCUT2D eigenvalue weighted by atomic mass is 32.2. The SMILES string of the molecule is COc1cc(OC)c(OC)cc1/C=C(\NC(=O)c1ccccc1)C(=O)Nc1ccc(SCC(=O)Nc2cccc(C(F)(F)F)c2)cc1. The molecule has 0 saturated heterocycles. The first-order valence-corrected chi connectivity index (χ1v) is 14.9. The number of amides is 3. The fraction of sp³-hybridized carbons (Fsp3) is 0.147. The van der Waals surface area contributed by atoms with Gasteiger partial charge in [0.25, 0.3) is 11.8 Å². The Labute approximate surface area is 273 Å². The topological polar surface area (TPSA) is 115 Å². The molecule has 0 aromatic heterocycles. The van der Waals surface area contributed by atoms with Gasteiger partial charge in [0.15, 0.2) is 11.5 Å². The summed E-state index contributed by atoms with van der Waals surface area (Å²) in [7, 11) is 4.40. The van der Waals surface area contributed by atoms with Gasteiger partial charge in [-0.25, -0.2) is 0 Å². The van der Waals surface area contributed by atoms with Gasteiger partial charge in [0.1, 0.15) is 11.4 Å². The van der Waals surface area contributed by atoms with Crippen LogP contribution in [0.4, 0.5) is 24.5 Å². The smallest absolute Gasteiger partial charge is 0.416 e. The average Bonchev–Trinajstić information content (AvgIpc) is 3.07. The molecule has 13 heteroatoms. The third kappa shape index (κ3) is 9.53. The molecule has 0 aliphatic rings. The van der Waals surface area contributed by atoms with E-state index in [1.807, 2.05) is 0 Å². The molecule has 0 heterocycles. The number of methoxy groups -OCH3 is 3. The molecule has 9 nitrogen and oxygen atoms in total. The van der Waals surface area contributed by atoms with Crippen molar-refractivity contribution in [2.24, 2.45) is 0 Å². The molecule has 244 valence electrons. The highest BCUT2D eigenvalue weighted by Crippen LogP contribution is 2.36. The van der Waals surface area contributed by atoms with Gasteiger partial charge in [-0.1, -0.05) is 24.3 Å². The molecule has 0 unspecified atom stereocenters. The number of alkyl halides is 3. The monoisotopic (exact) mass is 665 g/mol. The molecule has 0 aliphatic carbocycles. The van der Waals surface area contributed by atoms with Crippen LogP contribution in [0.1, 0.15) is 21.5 Å². The zero-order valence-electron chi connectivity index (χ0n) is 25.4. The summed E-state index contributed by atoms with van der Waals surface area (Å²) in [6.07, 6.45) is -3.07. The number of ether oxygens (including phenoxy) is 3. The van der Waals surface area contributed by atoms with E-state index in [1.54, 1.807) is 66.7 Å². The van der Waals surface area contributed by atoms with Gasteiger partial charge in [0.05, 0.1) is 32.6 Å². The highest BCUT2D eigenvalue weighted by molar-refractivity contribution is 8.00. The number of nitrogens with one attached hydrogen (secondary N) is 3. The van der Waals surface area contributed by atoms with Crippen molar-refractivity contribution in [3.63, 3.8) is 0 Å². The van der Waals surface area contributed by atoms with E-state index in [1.165, 1.54) is 39.5 Å². The lowest BCUT2D eigenvalue weighted by atomic mass is 10.1. The van der Waals surface area contributed by atoms with Gasteiger partial charge in [-0.3, -0.25) is 14.4 Å². The molecular weight excluding hydrogens is 635 g/mol. The predicted molar refractivity (Wildman–Crippen MR) is 174 cm³/mol. The van der Waals surface area contributed by atoms with Gasteiger partial charge in [-0.2, -0.15) is 13.2 Å². The zero-order chi connectivity index (χ0) is 34.0. The van der Waals surface area contributed by atoms with Crippen LogP contribution in [-0.2, 0) is 15.8 Å². The van der Waals surface area contributed by atoms with Crippen LogP contribution in [0, 0.1) is 0 Å². The standard InChI is InChI=1S/C34H30F3N3O6S/c1-44-28-19-30(46-3)29(45-2)17-22(28)16-27(40-32(42)21-8-5-4-6-9-21)33(43)39-24-12-14-26(15-13-24)47-20-31(41)38-25-11-7-10-23(18-25)34(35,36)37/h4-19H,20H2,1-3H3,(H,38,41)(H,39,43)(H,40,42)/b27-16-. The minimum absolute atomic E-state index is 0.0393. The number of carbonyl (C=O) groups is 3. The lowest BCUT2D eigenvalue weighted by Crippen LogP contribution is -2.30. The predicted octanol–water partition coefficient (Wildman–Crippen LogP) is 6.87. The summed E-state index contributed by atoms with van der Waals surface area (Å²) in [4.78, 5) is 39.6. The number of halogens is 3. The summed E-state index contributed by atoms with van der Waals surface area (Å²) in [6.45, 7) is 0. The van der Waals surface area contributed by atoms with Crippen LogP contribution in [0.2, 0.25) is 0 Å². The lowest BCUT2D eigenvalue weighted by molar-refractivity contribution is -0.137. The van der Waals surface area contributed by atoms with E-state index in [0.29, 0.717) is 39.0 Å². The number of hydrogen-bond acceptors (Lipinski definition) is 7. The quantitative estimate of drug-likeness (QED) is 0.112. The first-order valence-electron chi connectivity index (χ1n) is 13.9. The number of benzene rings is 4. The second-order valence-corrected chi connectivity index (χ2v) is 10.8. The van der Waals surface area contributed by atoms with Crippen molar-refractivity contribution in [2.75, 3.05) is 37.7 Å². The van der Waals surface area contributed by atoms with Crippen molar-refractivity contribution in [2.45, 2.75) is 11.1 Å². The summed E-state index contributed by atoms with van der Waals surface area (Å²) in [5.41, 5.74) is 0.252. The fourth-order valence-electron chi connectivity index (χ4n) is 4.22. The molecule has 0 atom stereocenters. The molecule has 4 aromatic carbocycles. The van der Waals surface area contributed by atoms with Crippen LogP contribution in [0.25, 0.3) is 6.08 Å². The van der Waals surface area contributed by atoms with E-state index in [9.17, 15) is 27.6 Å². The third-order valence-corrected chi connectivity index (χ3v) is 7.53. The average molecular weight is 666 g/mol. The Bertz CT molecular complexity index is 1760. The number of rotatable bonds is 12. The van der Waals surface area contributed by atoms with Crippen LogP contribution in [0.5, 0.6) is 17.2 Å². The van der Waals surface area contributed by atoms with Crippen molar-refractivity contribution in [1.82, 2.24) is 5.32 Å². The van der Waals surface area contributed by atoms with Crippen LogP contribution < -0.4 is 30.2 Å². The van der Waals surface area contributed by atoms with E-state index >= 15 is 0 Å². The van der Waals surface area contributed by atoms with Crippen molar-refractivity contribution >= 4 is 46.9 Å². The van der Waals surface area contributed by atoms with Gasteiger partial charge in [0.2, 0.25) is 5.91 Å². The second-order valence-electron chi connectivity index (χ2n) is 9.72. The Morgan fingerprint density at radius 3 is 2.04 bits per heavy atom. The Hall–Kier alpha value is -5.43.